The molecule has 1 saturated carbocycles. The van der Waals surface area contributed by atoms with Crippen LogP contribution in [0, 0.1) is 5.92 Å². The minimum Gasteiger partial charge on any atom is -0.379 e. The molecule has 6 nitrogen and oxygen atoms in total. The van der Waals surface area contributed by atoms with Gasteiger partial charge < -0.3 is 10.1 Å². The van der Waals surface area contributed by atoms with Crippen LogP contribution >= 0.6 is 11.3 Å². The Hall–Kier alpha value is -1.44. The first-order valence-corrected chi connectivity index (χ1v) is 7.28. The number of nitrogen functional groups attached to an aromatic ring is 1. The highest BCUT2D eigenvalue weighted by Gasteiger charge is 2.20. The van der Waals surface area contributed by atoms with E-state index < -0.39 is 0 Å². The molecule has 1 fully saturated rings. The van der Waals surface area contributed by atoms with Gasteiger partial charge in [-0.2, -0.15) is 4.98 Å². The lowest BCUT2D eigenvalue weighted by Gasteiger charge is -2.08. The van der Waals surface area contributed by atoms with Gasteiger partial charge in [0.1, 0.15) is 10.6 Å². The molecule has 3 rings (SSSR count). The van der Waals surface area contributed by atoms with E-state index >= 15 is 0 Å². The minimum atomic E-state index is 0.427. The number of thiophene rings is 1. The summed E-state index contributed by atoms with van der Waals surface area (Å²) in [4.78, 5) is 9.54. The average Bonchev–Trinajstić information content (AvgIpc) is 3.13. The summed E-state index contributed by atoms with van der Waals surface area (Å²) in [5.41, 5.74) is 2.49. The molecule has 1 aliphatic carbocycles. The highest BCUT2D eigenvalue weighted by atomic mass is 32.1. The van der Waals surface area contributed by atoms with Crippen molar-refractivity contribution in [2.45, 2.75) is 12.8 Å². The zero-order valence-corrected chi connectivity index (χ0v) is 11.4. The second-order valence-electron chi connectivity index (χ2n) is 4.62. The number of hydrogen-bond acceptors (Lipinski definition) is 7. The van der Waals surface area contributed by atoms with Crippen LogP contribution in [0.5, 0.6) is 0 Å². The standard InChI is InChI=1S/C12H17N5OS/c13-17-12-15-10(9-3-6-19-11(9)16-12)14-4-5-18-7-8-1-2-8/h3,6,8H,1-2,4-5,7,13H2,(H2,14,15,16,17). The quantitative estimate of drug-likeness (QED) is 0.407. The number of nitrogens with one attached hydrogen (secondary N) is 2. The van der Waals surface area contributed by atoms with E-state index in [2.05, 4.69) is 20.7 Å². The van der Waals surface area contributed by atoms with Crippen molar-refractivity contribution in [2.75, 3.05) is 30.5 Å². The zero-order chi connectivity index (χ0) is 13.1. The van der Waals surface area contributed by atoms with E-state index in [0.29, 0.717) is 12.6 Å². The summed E-state index contributed by atoms with van der Waals surface area (Å²) in [5, 5.41) is 6.29. The fourth-order valence-electron chi connectivity index (χ4n) is 1.83. The van der Waals surface area contributed by atoms with Crippen LogP contribution in [0.2, 0.25) is 0 Å². The summed E-state index contributed by atoms with van der Waals surface area (Å²) in [7, 11) is 0. The molecule has 0 amide bonds. The van der Waals surface area contributed by atoms with Crippen LogP contribution < -0.4 is 16.6 Å². The lowest BCUT2D eigenvalue weighted by atomic mass is 10.4. The number of aromatic nitrogens is 2. The molecule has 4 N–H and O–H groups in total. The Labute approximate surface area is 115 Å². The van der Waals surface area contributed by atoms with Gasteiger partial charge in [-0.3, -0.25) is 5.43 Å². The Morgan fingerprint density at radius 1 is 1.42 bits per heavy atom. The molecular weight excluding hydrogens is 262 g/mol. The van der Waals surface area contributed by atoms with Crippen molar-refractivity contribution in [3.63, 3.8) is 0 Å². The molecule has 0 saturated heterocycles. The maximum atomic E-state index is 5.59. The molecule has 19 heavy (non-hydrogen) atoms. The molecule has 2 heterocycles. The van der Waals surface area contributed by atoms with Crippen LogP contribution in [0.3, 0.4) is 0 Å². The van der Waals surface area contributed by atoms with Crippen LogP contribution in [0.25, 0.3) is 10.2 Å². The predicted octanol–water partition coefficient (Wildman–Crippen LogP) is 1.82. The Kier molecular flexibility index (Phi) is 3.77. The van der Waals surface area contributed by atoms with Crippen LogP contribution in [-0.2, 0) is 4.74 Å². The van der Waals surface area contributed by atoms with E-state index in [4.69, 9.17) is 10.6 Å². The Balaban J connectivity index is 1.60. The maximum absolute atomic E-state index is 5.59. The Morgan fingerprint density at radius 2 is 2.32 bits per heavy atom. The molecule has 0 spiro atoms. The molecular formula is C12H17N5OS. The third-order valence-electron chi connectivity index (χ3n) is 3.04. The molecule has 2 aromatic rings. The first-order valence-electron chi connectivity index (χ1n) is 6.40. The summed E-state index contributed by atoms with van der Waals surface area (Å²) in [6.45, 7) is 2.31. The third-order valence-corrected chi connectivity index (χ3v) is 3.85. The van der Waals surface area contributed by atoms with Gasteiger partial charge in [0.05, 0.1) is 12.0 Å². The van der Waals surface area contributed by atoms with Crippen LogP contribution in [0.4, 0.5) is 11.8 Å². The van der Waals surface area contributed by atoms with E-state index in [1.807, 2.05) is 11.4 Å². The van der Waals surface area contributed by atoms with Crippen LogP contribution in [-0.4, -0.2) is 29.7 Å². The number of nitrogens with two attached hydrogens (primary N) is 1. The first kappa shape index (κ1) is 12.6. The van der Waals surface area contributed by atoms with E-state index in [0.717, 1.165) is 35.1 Å². The number of nitrogens with zero attached hydrogens (tertiary/aromatic N) is 2. The van der Waals surface area contributed by atoms with Gasteiger partial charge >= 0.3 is 0 Å². The maximum Gasteiger partial charge on any atom is 0.240 e. The van der Waals surface area contributed by atoms with E-state index in [-0.39, 0.29) is 0 Å². The average molecular weight is 279 g/mol. The minimum absolute atomic E-state index is 0.427. The molecule has 0 atom stereocenters. The number of fused-ring (bicyclic) bond motifs is 1. The van der Waals surface area contributed by atoms with Crippen molar-refractivity contribution >= 4 is 33.3 Å². The topological polar surface area (TPSA) is 85.1 Å². The SMILES string of the molecule is NNc1nc(NCCOCC2CC2)c2ccsc2n1. The normalized spacial score (nSPS) is 14.8. The van der Waals surface area contributed by atoms with Gasteiger partial charge in [-0.1, -0.05) is 0 Å². The van der Waals surface area contributed by atoms with Gasteiger partial charge in [-0.15, -0.1) is 11.3 Å². The van der Waals surface area contributed by atoms with Gasteiger partial charge in [0.2, 0.25) is 5.95 Å². The Morgan fingerprint density at radius 3 is 3.11 bits per heavy atom. The van der Waals surface area contributed by atoms with Gasteiger partial charge in [-0.05, 0) is 30.2 Å². The van der Waals surface area contributed by atoms with Crippen molar-refractivity contribution in [2.24, 2.45) is 11.8 Å². The summed E-state index contributed by atoms with van der Waals surface area (Å²) < 4.78 is 5.59. The molecule has 2 aromatic heterocycles. The van der Waals surface area contributed by atoms with Gasteiger partial charge in [0.25, 0.3) is 0 Å². The van der Waals surface area contributed by atoms with Gasteiger partial charge in [0, 0.05) is 13.2 Å². The summed E-state index contributed by atoms with van der Waals surface area (Å²) in [6, 6.07) is 2.01. The molecule has 0 bridgehead atoms. The first-order chi connectivity index (χ1) is 9.36. The van der Waals surface area contributed by atoms with Crippen molar-refractivity contribution < 1.29 is 4.74 Å². The summed E-state index contributed by atoms with van der Waals surface area (Å²) in [6.07, 6.45) is 2.64. The smallest absolute Gasteiger partial charge is 0.240 e. The second kappa shape index (κ2) is 5.68. The van der Waals surface area contributed by atoms with E-state index in [9.17, 15) is 0 Å². The second-order valence-corrected chi connectivity index (χ2v) is 5.52. The van der Waals surface area contributed by atoms with Crippen LogP contribution in [0.1, 0.15) is 12.8 Å². The molecule has 0 unspecified atom stereocenters. The molecule has 0 aliphatic heterocycles. The van der Waals surface area contributed by atoms with Crippen LogP contribution in [0.15, 0.2) is 11.4 Å². The highest BCUT2D eigenvalue weighted by Crippen LogP contribution is 2.29. The Bertz CT molecular complexity index is 554. The third kappa shape index (κ3) is 3.12. The van der Waals surface area contributed by atoms with Crippen molar-refractivity contribution in [1.82, 2.24) is 9.97 Å². The number of rotatable bonds is 7. The summed E-state index contributed by atoms with van der Waals surface area (Å²) >= 11 is 1.57. The van der Waals surface area contributed by atoms with Gasteiger partial charge in [0.15, 0.2) is 0 Å². The number of anilines is 2. The zero-order valence-electron chi connectivity index (χ0n) is 10.6. The van der Waals surface area contributed by atoms with Gasteiger partial charge in [-0.25, -0.2) is 10.8 Å². The van der Waals surface area contributed by atoms with Crippen molar-refractivity contribution in [3.8, 4) is 0 Å². The number of hydrazine groups is 1. The fourth-order valence-corrected chi connectivity index (χ4v) is 2.59. The lowest BCUT2D eigenvalue weighted by molar-refractivity contribution is 0.134. The van der Waals surface area contributed by atoms with E-state index in [1.165, 1.54) is 12.8 Å². The lowest BCUT2D eigenvalue weighted by Crippen LogP contribution is -2.14. The molecule has 0 aromatic carbocycles. The largest absolute Gasteiger partial charge is 0.379 e. The monoisotopic (exact) mass is 279 g/mol. The number of hydrogen-bond donors (Lipinski definition) is 3. The molecule has 1 aliphatic rings. The molecule has 0 radical (unpaired) electrons. The molecule has 7 heteroatoms. The predicted molar refractivity (Wildman–Crippen MR) is 77.3 cm³/mol. The highest BCUT2D eigenvalue weighted by molar-refractivity contribution is 7.16. The number of ether oxygens (including phenoxy) is 1. The summed E-state index contributed by atoms with van der Waals surface area (Å²) in [5.74, 6) is 7.40. The molecule has 102 valence electrons. The fraction of sp³-hybridized carbons (Fsp3) is 0.500. The van der Waals surface area contributed by atoms with E-state index in [1.54, 1.807) is 11.3 Å². The van der Waals surface area contributed by atoms with Crippen molar-refractivity contribution in [3.05, 3.63) is 11.4 Å². The van der Waals surface area contributed by atoms with Crippen molar-refractivity contribution in [1.29, 1.82) is 0 Å².